The van der Waals surface area contributed by atoms with Crippen LogP contribution in [0.3, 0.4) is 0 Å². The topological polar surface area (TPSA) is 12.5 Å². The molecule has 0 bridgehead atoms. The van der Waals surface area contributed by atoms with E-state index in [0.29, 0.717) is 0 Å². The third kappa shape index (κ3) is 2.42. The van der Waals surface area contributed by atoms with E-state index in [2.05, 4.69) is 6.92 Å². The Morgan fingerprint density at radius 2 is 1.90 bits per heavy atom. The molecule has 0 unspecified atom stereocenters. The van der Waals surface area contributed by atoms with Gasteiger partial charge >= 0.3 is 0 Å². The Morgan fingerprint density at radius 3 is 2.40 bits per heavy atom. The molecule has 1 aliphatic rings. The molecule has 0 amide bonds. The van der Waals surface area contributed by atoms with Gasteiger partial charge in [-0.2, -0.15) is 0 Å². The molecule has 0 aliphatic carbocycles. The summed E-state index contributed by atoms with van der Waals surface area (Å²) in [5, 5.41) is 0. The van der Waals surface area contributed by atoms with Gasteiger partial charge in [0.1, 0.15) is 11.5 Å². The summed E-state index contributed by atoms with van der Waals surface area (Å²) in [6, 6.07) is 0. The molecule has 0 spiro atoms. The van der Waals surface area contributed by atoms with Crippen LogP contribution in [0, 0.1) is 0 Å². The Hall–Kier alpha value is -0.460. The van der Waals surface area contributed by atoms with Gasteiger partial charge < -0.3 is 4.74 Å². The lowest BCUT2D eigenvalue weighted by molar-refractivity contribution is 0.447. The smallest absolute Gasteiger partial charge is 0.142 e. The normalized spacial score (nSPS) is 15.4. The van der Waals surface area contributed by atoms with Crippen molar-refractivity contribution in [2.75, 3.05) is 0 Å². The van der Waals surface area contributed by atoms with Gasteiger partial charge in [-0.1, -0.05) is 26.2 Å². The quantitative estimate of drug-likeness (QED) is 0.534. The molecule has 0 aromatic rings. The summed E-state index contributed by atoms with van der Waals surface area (Å²) in [6.45, 7) is 4.27. The molecule has 1 rings (SSSR count). The Morgan fingerprint density at radius 1 is 1.20 bits per heavy atom. The van der Waals surface area contributed by atoms with Gasteiger partial charge in [-0.3, -0.25) is 0 Å². The Labute approximate surface area is 63.1 Å². The van der Waals surface area contributed by atoms with Crippen molar-refractivity contribution in [3.05, 3.63) is 11.5 Å². The van der Waals surface area contributed by atoms with E-state index in [-0.39, 0.29) is 0 Å². The van der Waals surface area contributed by atoms with Crippen LogP contribution in [0.25, 0.3) is 0 Å². The van der Waals surface area contributed by atoms with E-state index in [4.69, 9.17) is 4.74 Å². The zero-order valence-corrected chi connectivity index (χ0v) is 6.94. The van der Waals surface area contributed by atoms with Crippen LogP contribution in [0.5, 0.6) is 0 Å². The standard InChI is InChI=1S/C9H16O/c1-3-4-5-6-7-9-8(2)10-9/h3-7H2,1-2H3. The second-order valence-electron chi connectivity index (χ2n) is 2.89. The minimum Gasteiger partial charge on any atom is -0.459 e. The van der Waals surface area contributed by atoms with Crippen molar-refractivity contribution < 1.29 is 4.74 Å². The van der Waals surface area contributed by atoms with Crippen LogP contribution in [-0.4, -0.2) is 0 Å². The average Bonchev–Trinajstić information content (AvgIpc) is 2.60. The summed E-state index contributed by atoms with van der Waals surface area (Å²) in [4.78, 5) is 0. The van der Waals surface area contributed by atoms with Crippen LogP contribution in [-0.2, 0) is 4.74 Å². The lowest BCUT2D eigenvalue weighted by atomic mass is 10.1. The molecule has 0 aromatic heterocycles. The van der Waals surface area contributed by atoms with Crippen molar-refractivity contribution in [3.8, 4) is 0 Å². The zero-order chi connectivity index (χ0) is 7.40. The van der Waals surface area contributed by atoms with Crippen molar-refractivity contribution in [2.45, 2.75) is 46.0 Å². The van der Waals surface area contributed by atoms with Crippen LogP contribution in [0.4, 0.5) is 0 Å². The molecule has 0 N–H and O–H groups in total. The third-order valence-corrected chi connectivity index (χ3v) is 1.88. The van der Waals surface area contributed by atoms with E-state index < -0.39 is 0 Å². The summed E-state index contributed by atoms with van der Waals surface area (Å²) in [7, 11) is 0. The molecule has 1 heteroatoms. The van der Waals surface area contributed by atoms with Crippen molar-refractivity contribution in [3.63, 3.8) is 0 Å². The number of rotatable bonds is 5. The monoisotopic (exact) mass is 140 g/mol. The van der Waals surface area contributed by atoms with E-state index in [1.54, 1.807) is 0 Å². The van der Waals surface area contributed by atoms with Gasteiger partial charge in [-0.25, -0.2) is 0 Å². The van der Waals surface area contributed by atoms with Gasteiger partial charge in [-0.05, 0) is 13.3 Å². The Balaban J connectivity index is 1.87. The maximum Gasteiger partial charge on any atom is 0.142 e. The van der Waals surface area contributed by atoms with E-state index in [9.17, 15) is 0 Å². The van der Waals surface area contributed by atoms with E-state index in [1.807, 2.05) is 6.92 Å². The molecular formula is C9H16O. The van der Waals surface area contributed by atoms with E-state index in [0.717, 1.165) is 5.76 Å². The van der Waals surface area contributed by atoms with Crippen LogP contribution in [0.15, 0.2) is 11.5 Å². The van der Waals surface area contributed by atoms with Gasteiger partial charge in [0.15, 0.2) is 0 Å². The Bertz CT molecular complexity index is 136. The maximum absolute atomic E-state index is 5.13. The summed E-state index contributed by atoms with van der Waals surface area (Å²) in [5.41, 5.74) is 0. The molecule has 1 nitrogen and oxygen atoms in total. The van der Waals surface area contributed by atoms with Crippen molar-refractivity contribution >= 4 is 0 Å². The van der Waals surface area contributed by atoms with Crippen LogP contribution < -0.4 is 0 Å². The molecule has 1 aliphatic heterocycles. The highest BCUT2D eigenvalue weighted by Crippen LogP contribution is 2.29. The first-order chi connectivity index (χ1) is 4.84. The zero-order valence-electron chi connectivity index (χ0n) is 6.94. The molecule has 58 valence electrons. The highest BCUT2D eigenvalue weighted by Gasteiger charge is 2.17. The number of unbranched alkanes of at least 4 members (excludes halogenated alkanes) is 3. The molecule has 0 atom stereocenters. The van der Waals surface area contributed by atoms with Crippen LogP contribution in [0.2, 0.25) is 0 Å². The molecule has 0 saturated carbocycles. The lowest BCUT2D eigenvalue weighted by Gasteiger charge is -1.92. The van der Waals surface area contributed by atoms with Gasteiger partial charge in [0.05, 0.1) is 0 Å². The first-order valence-electron chi connectivity index (χ1n) is 4.22. The fourth-order valence-electron chi connectivity index (χ4n) is 1.10. The molecule has 0 saturated heterocycles. The summed E-state index contributed by atoms with van der Waals surface area (Å²) in [5.74, 6) is 2.41. The van der Waals surface area contributed by atoms with Crippen molar-refractivity contribution in [2.24, 2.45) is 0 Å². The van der Waals surface area contributed by atoms with Crippen molar-refractivity contribution in [1.82, 2.24) is 0 Å². The third-order valence-electron chi connectivity index (χ3n) is 1.88. The maximum atomic E-state index is 5.13. The second kappa shape index (κ2) is 3.65. The second-order valence-corrected chi connectivity index (χ2v) is 2.89. The number of hydrogen-bond donors (Lipinski definition) is 0. The van der Waals surface area contributed by atoms with Gasteiger partial charge in [0, 0.05) is 6.42 Å². The lowest BCUT2D eigenvalue weighted by Crippen LogP contribution is -1.74. The number of hydrogen-bond acceptors (Lipinski definition) is 1. The first kappa shape index (κ1) is 7.64. The molecule has 0 radical (unpaired) electrons. The molecule has 0 fully saturated rings. The van der Waals surface area contributed by atoms with Crippen LogP contribution >= 0.6 is 0 Å². The predicted octanol–water partition coefficient (Wildman–Crippen LogP) is 3.22. The fourth-order valence-corrected chi connectivity index (χ4v) is 1.10. The first-order valence-corrected chi connectivity index (χ1v) is 4.22. The number of allylic oxidation sites excluding steroid dienone is 2. The predicted molar refractivity (Wildman–Crippen MR) is 42.5 cm³/mol. The largest absolute Gasteiger partial charge is 0.459 e. The van der Waals surface area contributed by atoms with Gasteiger partial charge in [-0.15, -0.1) is 0 Å². The average molecular weight is 140 g/mol. The highest BCUT2D eigenvalue weighted by atomic mass is 16.6. The molecule has 10 heavy (non-hydrogen) atoms. The summed E-state index contributed by atoms with van der Waals surface area (Å²) in [6.07, 6.45) is 6.52. The molecule has 1 heterocycles. The van der Waals surface area contributed by atoms with Gasteiger partial charge in [0.2, 0.25) is 0 Å². The van der Waals surface area contributed by atoms with Crippen LogP contribution in [0.1, 0.15) is 46.0 Å². The van der Waals surface area contributed by atoms with E-state index >= 15 is 0 Å². The molecule has 0 aromatic carbocycles. The summed E-state index contributed by atoms with van der Waals surface area (Å²) < 4.78 is 5.13. The SMILES string of the molecule is CCCCCCC1=C(C)O1. The molecular weight excluding hydrogens is 124 g/mol. The van der Waals surface area contributed by atoms with E-state index in [1.165, 1.54) is 37.9 Å². The number of ether oxygens (including phenoxy) is 1. The highest BCUT2D eigenvalue weighted by molar-refractivity contribution is 5.14. The minimum absolute atomic E-state index is 1.16. The van der Waals surface area contributed by atoms with Crippen molar-refractivity contribution in [1.29, 1.82) is 0 Å². The fraction of sp³-hybridized carbons (Fsp3) is 0.778. The Kier molecular flexibility index (Phi) is 2.79. The summed E-state index contributed by atoms with van der Waals surface area (Å²) >= 11 is 0. The minimum atomic E-state index is 1.16. The van der Waals surface area contributed by atoms with Gasteiger partial charge in [0.25, 0.3) is 0 Å².